The zero-order chi connectivity index (χ0) is 6.48. The average Bonchev–Trinajstić information content (AvgIpc) is 1.96. The second-order valence-electron chi connectivity index (χ2n) is 3.83. The molecule has 0 bridgehead atoms. The van der Waals surface area contributed by atoms with Gasteiger partial charge in [-0.2, -0.15) is 0 Å². The number of aliphatic hydroxyl groups excluding tert-OH is 1. The Morgan fingerprint density at radius 1 is 1.33 bits per heavy atom. The maximum absolute atomic E-state index is 9.48. The number of aliphatic hydroxyl groups is 1. The van der Waals surface area contributed by atoms with Gasteiger partial charge in [-0.1, -0.05) is 6.92 Å². The fourth-order valence-electron chi connectivity index (χ4n) is 2.41. The first-order valence-corrected chi connectivity index (χ1v) is 3.91. The molecule has 2 aliphatic rings. The molecule has 1 nitrogen and oxygen atoms in total. The molecular formula is C8H14O. The summed E-state index contributed by atoms with van der Waals surface area (Å²) in [6, 6.07) is 0. The topological polar surface area (TPSA) is 20.2 Å². The Kier molecular flexibility index (Phi) is 0.963. The predicted molar refractivity (Wildman–Crippen MR) is 36.1 cm³/mol. The Labute approximate surface area is 56.1 Å². The molecule has 1 heteroatoms. The van der Waals surface area contributed by atoms with E-state index < -0.39 is 0 Å². The fraction of sp³-hybridized carbons (Fsp3) is 1.00. The quantitative estimate of drug-likeness (QED) is 0.522. The van der Waals surface area contributed by atoms with Crippen molar-refractivity contribution in [1.82, 2.24) is 0 Å². The summed E-state index contributed by atoms with van der Waals surface area (Å²) in [4.78, 5) is 0. The molecule has 0 spiro atoms. The Balaban J connectivity index is 2.18. The third-order valence-electron chi connectivity index (χ3n) is 3.51. The van der Waals surface area contributed by atoms with E-state index in [1.165, 1.54) is 19.3 Å². The van der Waals surface area contributed by atoms with Crippen LogP contribution in [0.25, 0.3) is 0 Å². The predicted octanol–water partition coefficient (Wildman–Crippen LogP) is 1.56. The van der Waals surface area contributed by atoms with Crippen LogP contribution < -0.4 is 0 Å². The van der Waals surface area contributed by atoms with E-state index in [4.69, 9.17) is 0 Å². The lowest BCUT2D eigenvalue weighted by atomic mass is 9.62. The highest BCUT2D eigenvalue weighted by Crippen LogP contribution is 2.56. The molecule has 0 aromatic heterocycles. The lowest BCUT2D eigenvalue weighted by Gasteiger charge is -2.44. The van der Waals surface area contributed by atoms with Crippen LogP contribution >= 0.6 is 0 Å². The molecule has 0 radical (unpaired) electrons. The van der Waals surface area contributed by atoms with Crippen molar-refractivity contribution in [2.75, 3.05) is 0 Å². The summed E-state index contributed by atoms with van der Waals surface area (Å²) in [5.74, 6) is 0.868. The maximum atomic E-state index is 9.48. The van der Waals surface area contributed by atoms with Gasteiger partial charge in [0.1, 0.15) is 0 Å². The number of hydrogen-bond acceptors (Lipinski definition) is 1. The Morgan fingerprint density at radius 2 is 2.11 bits per heavy atom. The molecule has 9 heavy (non-hydrogen) atoms. The lowest BCUT2D eigenvalue weighted by Crippen LogP contribution is -2.40. The van der Waals surface area contributed by atoms with Crippen molar-refractivity contribution in [2.24, 2.45) is 11.3 Å². The molecule has 2 fully saturated rings. The molecule has 2 saturated carbocycles. The summed E-state index contributed by atoms with van der Waals surface area (Å²) in [6.45, 7) is 2.23. The van der Waals surface area contributed by atoms with Crippen molar-refractivity contribution in [3.8, 4) is 0 Å². The van der Waals surface area contributed by atoms with Gasteiger partial charge in [-0.25, -0.2) is 0 Å². The van der Waals surface area contributed by atoms with Gasteiger partial charge in [0, 0.05) is 0 Å². The molecule has 0 aliphatic heterocycles. The van der Waals surface area contributed by atoms with Crippen LogP contribution in [0.3, 0.4) is 0 Å². The van der Waals surface area contributed by atoms with E-state index in [0.717, 1.165) is 12.3 Å². The highest BCUT2D eigenvalue weighted by molar-refractivity contribution is 5.02. The third kappa shape index (κ3) is 0.536. The molecule has 3 atom stereocenters. The molecule has 0 aromatic carbocycles. The van der Waals surface area contributed by atoms with Gasteiger partial charge in [0.05, 0.1) is 6.10 Å². The van der Waals surface area contributed by atoms with Gasteiger partial charge in [-0.3, -0.25) is 0 Å². The van der Waals surface area contributed by atoms with E-state index in [-0.39, 0.29) is 6.10 Å². The number of hydrogen-bond donors (Lipinski definition) is 1. The van der Waals surface area contributed by atoms with Gasteiger partial charge in [-0.05, 0) is 37.0 Å². The van der Waals surface area contributed by atoms with Crippen LogP contribution in [0.4, 0.5) is 0 Å². The molecule has 0 heterocycles. The second kappa shape index (κ2) is 1.51. The third-order valence-corrected chi connectivity index (χ3v) is 3.51. The summed E-state index contributed by atoms with van der Waals surface area (Å²) in [5.41, 5.74) is 0.347. The van der Waals surface area contributed by atoms with E-state index in [2.05, 4.69) is 6.92 Å². The van der Waals surface area contributed by atoms with E-state index in [1.807, 2.05) is 0 Å². The highest BCUT2D eigenvalue weighted by atomic mass is 16.3. The molecule has 0 saturated heterocycles. The van der Waals surface area contributed by atoms with Gasteiger partial charge < -0.3 is 5.11 Å². The molecule has 0 amide bonds. The van der Waals surface area contributed by atoms with Crippen LogP contribution in [0.15, 0.2) is 0 Å². The van der Waals surface area contributed by atoms with Crippen molar-refractivity contribution < 1.29 is 5.11 Å². The summed E-state index contributed by atoms with van der Waals surface area (Å²) < 4.78 is 0. The Bertz CT molecular complexity index is 125. The van der Waals surface area contributed by atoms with Crippen molar-refractivity contribution in [1.29, 1.82) is 0 Å². The van der Waals surface area contributed by atoms with Crippen molar-refractivity contribution in [3.63, 3.8) is 0 Å². The van der Waals surface area contributed by atoms with Crippen LogP contribution in [-0.4, -0.2) is 11.2 Å². The lowest BCUT2D eigenvalue weighted by molar-refractivity contribution is -0.0250. The van der Waals surface area contributed by atoms with Gasteiger partial charge >= 0.3 is 0 Å². The van der Waals surface area contributed by atoms with E-state index in [1.54, 1.807) is 0 Å². The van der Waals surface area contributed by atoms with Gasteiger partial charge in [-0.15, -0.1) is 0 Å². The normalized spacial score (nSPS) is 56.7. The van der Waals surface area contributed by atoms with Crippen LogP contribution in [-0.2, 0) is 0 Å². The zero-order valence-corrected chi connectivity index (χ0v) is 5.93. The zero-order valence-electron chi connectivity index (χ0n) is 5.93. The smallest absolute Gasteiger partial charge is 0.0596 e. The van der Waals surface area contributed by atoms with E-state index >= 15 is 0 Å². The SMILES string of the molecule is C[C@@]12CCC1CC[C@H]2O. The van der Waals surface area contributed by atoms with E-state index in [9.17, 15) is 5.11 Å². The minimum atomic E-state index is 0.0243. The van der Waals surface area contributed by atoms with Gasteiger partial charge in [0.15, 0.2) is 0 Å². The monoisotopic (exact) mass is 126 g/mol. The first kappa shape index (κ1) is 5.72. The summed E-state index contributed by atoms with van der Waals surface area (Å²) in [7, 11) is 0. The Morgan fingerprint density at radius 3 is 2.33 bits per heavy atom. The summed E-state index contributed by atoms with van der Waals surface area (Å²) >= 11 is 0. The number of fused-ring (bicyclic) bond motifs is 1. The minimum Gasteiger partial charge on any atom is -0.393 e. The highest BCUT2D eigenvalue weighted by Gasteiger charge is 2.51. The Hall–Kier alpha value is -0.0400. The summed E-state index contributed by atoms with van der Waals surface area (Å²) in [5, 5.41) is 9.48. The molecular weight excluding hydrogens is 112 g/mol. The fourth-order valence-corrected chi connectivity index (χ4v) is 2.41. The molecule has 0 aromatic rings. The molecule has 1 N–H and O–H groups in total. The molecule has 52 valence electrons. The average molecular weight is 126 g/mol. The second-order valence-corrected chi connectivity index (χ2v) is 3.83. The van der Waals surface area contributed by atoms with Gasteiger partial charge in [0.25, 0.3) is 0 Å². The molecule has 1 unspecified atom stereocenters. The number of rotatable bonds is 0. The first-order chi connectivity index (χ1) is 4.23. The van der Waals surface area contributed by atoms with Crippen LogP contribution in [0, 0.1) is 11.3 Å². The maximum Gasteiger partial charge on any atom is 0.0596 e. The van der Waals surface area contributed by atoms with Crippen molar-refractivity contribution >= 4 is 0 Å². The van der Waals surface area contributed by atoms with Crippen molar-refractivity contribution in [3.05, 3.63) is 0 Å². The standard InChI is InChI=1S/C8H14O/c1-8-5-4-6(8)2-3-7(8)9/h6-7,9H,2-5H2,1H3/t6?,7-,8-/m1/s1. The van der Waals surface area contributed by atoms with Crippen LogP contribution in [0.5, 0.6) is 0 Å². The molecule has 2 aliphatic carbocycles. The van der Waals surface area contributed by atoms with Crippen molar-refractivity contribution in [2.45, 2.75) is 38.7 Å². The first-order valence-electron chi connectivity index (χ1n) is 3.91. The van der Waals surface area contributed by atoms with E-state index in [0.29, 0.717) is 5.41 Å². The molecule has 2 rings (SSSR count). The van der Waals surface area contributed by atoms with Crippen LogP contribution in [0.1, 0.15) is 32.6 Å². The summed E-state index contributed by atoms with van der Waals surface area (Å²) in [6.07, 6.45) is 4.99. The van der Waals surface area contributed by atoms with Crippen LogP contribution in [0.2, 0.25) is 0 Å². The minimum absolute atomic E-state index is 0.0243. The largest absolute Gasteiger partial charge is 0.393 e. The van der Waals surface area contributed by atoms with Gasteiger partial charge in [0.2, 0.25) is 0 Å².